The normalized spacial score (nSPS) is 22.4. The van der Waals surface area contributed by atoms with Crippen molar-refractivity contribution < 1.29 is 14.3 Å². The van der Waals surface area contributed by atoms with Crippen LogP contribution in [0.5, 0.6) is 0 Å². The maximum Gasteiger partial charge on any atom is 0.251 e. The van der Waals surface area contributed by atoms with Gasteiger partial charge in [0, 0.05) is 35.9 Å². The highest BCUT2D eigenvalue weighted by Gasteiger charge is 2.62. The maximum absolute atomic E-state index is 12.9. The highest BCUT2D eigenvalue weighted by molar-refractivity contribution is 6.01. The Morgan fingerprint density at radius 2 is 2.03 bits per heavy atom. The number of nitrogens with zero attached hydrogens (tertiary/aromatic N) is 1. The van der Waals surface area contributed by atoms with Crippen LogP contribution in [0.1, 0.15) is 43.2 Å². The predicted molar refractivity (Wildman–Crippen MR) is 111 cm³/mol. The largest absolute Gasteiger partial charge is 0.378 e. The molecule has 154 valence electrons. The molecule has 1 aromatic heterocycles. The van der Waals surface area contributed by atoms with Crippen molar-refractivity contribution in [3.05, 3.63) is 59.9 Å². The van der Waals surface area contributed by atoms with Crippen LogP contribution in [-0.4, -0.2) is 35.0 Å². The van der Waals surface area contributed by atoms with E-state index < -0.39 is 11.0 Å². The van der Waals surface area contributed by atoms with Crippen molar-refractivity contribution >= 4 is 17.5 Å². The third-order valence-electron chi connectivity index (χ3n) is 5.77. The van der Waals surface area contributed by atoms with Crippen molar-refractivity contribution in [2.75, 3.05) is 11.9 Å². The van der Waals surface area contributed by atoms with E-state index in [1.165, 1.54) is 0 Å². The van der Waals surface area contributed by atoms with E-state index in [9.17, 15) is 9.59 Å². The maximum atomic E-state index is 12.9. The molecule has 1 fully saturated rings. The molecule has 0 bridgehead atoms. The number of anilines is 1. The van der Waals surface area contributed by atoms with Gasteiger partial charge in [0.15, 0.2) is 0 Å². The molecule has 0 saturated heterocycles. The molecule has 2 amide bonds. The highest BCUT2D eigenvalue weighted by atomic mass is 16.5. The number of nitrogens with one attached hydrogen (secondary N) is 2. The summed E-state index contributed by atoms with van der Waals surface area (Å²) in [5.41, 5.74) is 6.67. The monoisotopic (exact) mass is 396 g/mol. The van der Waals surface area contributed by atoms with Crippen LogP contribution in [0, 0.1) is 5.41 Å². The molecule has 1 aromatic carbocycles. The first-order valence-corrected chi connectivity index (χ1v) is 9.78. The van der Waals surface area contributed by atoms with Crippen molar-refractivity contribution in [1.82, 2.24) is 10.3 Å². The van der Waals surface area contributed by atoms with Gasteiger partial charge < -0.3 is 21.1 Å². The standard InChI is InChI=1S/C22H28N4O3/c1-4-29-18-13-22(23,21(18,2)3)20(28)26-16-10-7-8-15(12-16)19(27)25-14-17-9-5-6-11-24-17/h5-12,18H,4,13-14,23H2,1-3H3,(H,25,27)(H,26,28). The van der Waals surface area contributed by atoms with Gasteiger partial charge in [-0.15, -0.1) is 0 Å². The zero-order valence-electron chi connectivity index (χ0n) is 17.1. The summed E-state index contributed by atoms with van der Waals surface area (Å²) in [6, 6.07) is 12.3. The Balaban J connectivity index is 1.64. The molecule has 1 heterocycles. The predicted octanol–water partition coefficient (Wildman–Crippen LogP) is 2.48. The van der Waals surface area contributed by atoms with Crippen LogP contribution in [-0.2, 0) is 16.1 Å². The van der Waals surface area contributed by atoms with Gasteiger partial charge in [-0.25, -0.2) is 0 Å². The topological polar surface area (TPSA) is 106 Å². The molecular weight excluding hydrogens is 368 g/mol. The van der Waals surface area contributed by atoms with Crippen LogP contribution in [0.3, 0.4) is 0 Å². The summed E-state index contributed by atoms with van der Waals surface area (Å²) >= 11 is 0. The zero-order chi connectivity index (χ0) is 21.1. The minimum absolute atomic E-state index is 0.0491. The first-order valence-electron chi connectivity index (χ1n) is 9.78. The molecule has 2 aromatic rings. The molecule has 1 aliphatic rings. The van der Waals surface area contributed by atoms with E-state index in [0.29, 0.717) is 30.8 Å². The van der Waals surface area contributed by atoms with Crippen molar-refractivity contribution in [2.24, 2.45) is 11.1 Å². The van der Waals surface area contributed by atoms with Crippen molar-refractivity contribution in [2.45, 2.75) is 45.4 Å². The van der Waals surface area contributed by atoms with Gasteiger partial charge in [0.1, 0.15) is 5.54 Å². The number of ether oxygens (including phenoxy) is 1. The Kier molecular flexibility index (Phi) is 6.00. The summed E-state index contributed by atoms with van der Waals surface area (Å²) < 4.78 is 5.68. The number of hydrogen-bond acceptors (Lipinski definition) is 5. The molecule has 2 atom stereocenters. The number of aromatic nitrogens is 1. The van der Waals surface area contributed by atoms with Crippen molar-refractivity contribution in [3.8, 4) is 0 Å². The van der Waals surface area contributed by atoms with Gasteiger partial charge in [-0.2, -0.15) is 0 Å². The van der Waals surface area contributed by atoms with Crippen LogP contribution in [0.2, 0.25) is 0 Å². The Morgan fingerprint density at radius 3 is 2.69 bits per heavy atom. The van der Waals surface area contributed by atoms with E-state index in [1.807, 2.05) is 39.0 Å². The lowest BCUT2D eigenvalue weighted by Crippen LogP contribution is -2.74. The van der Waals surface area contributed by atoms with E-state index in [4.69, 9.17) is 10.5 Å². The van der Waals surface area contributed by atoms with Crippen LogP contribution in [0.4, 0.5) is 5.69 Å². The Bertz CT molecular complexity index is 885. The molecule has 1 saturated carbocycles. The number of carbonyl (C=O) groups is 2. The van der Waals surface area contributed by atoms with Crippen LogP contribution in [0.25, 0.3) is 0 Å². The Labute approximate surface area is 171 Å². The van der Waals surface area contributed by atoms with Gasteiger partial charge in [-0.3, -0.25) is 14.6 Å². The van der Waals surface area contributed by atoms with Gasteiger partial charge in [-0.1, -0.05) is 26.0 Å². The number of pyridine rings is 1. The number of amides is 2. The van der Waals surface area contributed by atoms with E-state index in [0.717, 1.165) is 5.69 Å². The fourth-order valence-corrected chi connectivity index (χ4v) is 3.58. The van der Waals surface area contributed by atoms with Crippen molar-refractivity contribution in [3.63, 3.8) is 0 Å². The van der Waals surface area contributed by atoms with Crippen LogP contribution in [0.15, 0.2) is 48.7 Å². The smallest absolute Gasteiger partial charge is 0.251 e. The minimum Gasteiger partial charge on any atom is -0.378 e. The minimum atomic E-state index is -1.02. The van der Waals surface area contributed by atoms with Gasteiger partial charge in [0.05, 0.1) is 18.3 Å². The number of hydrogen-bond donors (Lipinski definition) is 3. The fraction of sp³-hybridized carbons (Fsp3) is 0.409. The van der Waals surface area contributed by atoms with Gasteiger partial charge in [0.2, 0.25) is 5.91 Å². The lowest BCUT2D eigenvalue weighted by Gasteiger charge is -2.57. The molecule has 7 heteroatoms. The molecule has 1 aliphatic carbocycles. The first-order chi connectivity index (χ1) is 13.8. The molecule has 2 unspecified atom stereocenters. The number of carbonyl (C=O) groups excluding carboxylic acids is 2. The molecule has 0 radical (unpaired) electrons. The molecular formula is C22H28N4O3. The summed E-state index contributed by atoms with van der Waals surface area (Å²) in [5.74, 6) is -0.515. The first kappa shape index (κ1) is 21.0. The third-order valence-corrected chi connectivity index (χ3v) is 5.77. The molecule has 0 spiro atoms. The molecule has 4 N–H and O–H groups in total. The van der Waals surface area contributed by atoms with E-state index in [-0.39, 0.29) is 17.9 Å². The zero-order valence-corrected chi connectivity index (χ0v) is 17.1. The van der Waals surface area contributed by atoms with E-state index in [1.54, 1.807) is 30.5 Å². The van der Waals surface area contributed by atoms with Crippen molar-refractivity contribution in [1.29, 1.82) is 0 Å². The fourth-order valence-electron chi connectivity index (χ4n) is 3.58. The number of benzene rings is 1. The van der Waals surface area contributed by atoms with Gasteiger partial charge in [-0.05, 0) is 37.3 Å². The third kappa shape index (κ3) is 4.16. The summed E-state index contributed by atoms with van der Waals surface area (Å²) in [6.45, 7) is 6.73. The lowest BCUT2D eigenvalue weighted by atomic mass is 9.54. The summed E-state index contributed by atoms with van der Waals surface area (Å²) in [4.78, 5) is 29.5. The van der Waals surface area contributed by atoms with Crippen LogP contribution < -0.4 is 16.4 Å². The summed E-state index contributed by atoms with van der Waals surface area (Å²) in [6.07, 6.45) is 2.09. The summed E-state index contributed by atoms with van der Waals surface area (Å²) in [7, 11) is 0. The summed E-state index contributed by atoms with van der Waals surface area (Å²) in [5, 5.41) is 5.69. The molecule has 3 rings (SSSR count). The average Bonchev–Trinajstić information content (AvgIpc) is 2.72. The number of rotatable bonds is 7. The van der Waals surface area contributed by atoms with Gasteiger partial charge >= 0.3 is 0 Å². The second kappa shape index (κ2) is 8.31. The van der Waals surface area contributed by atoms with E-state index in [2.05, 4.69) is 15.6 Å². The van der Waals surface area contributed by atoms with Crippen LogP contribution >= 0.6 is 0 Å². The molecule has 7 nitrogen and oxygen atoms in total. The van der Waals surface area contributed by atoms with E-state index >= 15 is 0 Å². The second-order valence-corrected chi connectivity index (χ2v) is 7.88. The van der Waals surface area contributed by atoms with Gasteiger partial charge in [0.25, 0.3) is 5.91 Å². The SMILES string of the molecule is CCOC1CC(N)(C(=O)Nc2cccc(C(=O)NCc3ccccn3)c2)C1(C)C. The molecule has 29 heavy (non-hydrogen) atoms. The average molecular weight is 396 g/mol. The Hall–Kier alpha value is -2.77. The number of nitrogens with two attached hydrogens (primary N) is 1. The molecule has 0 aliphatic heterocycles. The quantitative estimate of drug-likeness (QED) is 0.667. The Morgan fingerprint density at radius 1 is 1.24 bits per heavy atom. The highest BCUT2D eigenvalue weighted by Crippen LogP contribution is 2.50. The second-order valence-electron chi connectivity index (χ2n) is 7.88. The lowest BCUT2D eigenvalue weighted by molar-refractivity contribution is -0.166.